The maximum absolute atomic E-state index is 12.5. The van der Waals surface area contributed by atoms with Gasteiger partial charge in [-0.3, -0.25) is 9.97 Å². The number of esters is 1. The van der Waals surface area contributed by atoms with Gasteiger partial charge in [0.2, 0.25) is 0 Å². The Labute approximate surface area is 167 Å². The number of aryl methyl sites for hydroxylation is 1. The summed E-state index contributed by atoms with van der Waals surface area (Å²) >= 11 is 0. The number of aromatic nitrogens is 2. The van der Waals surface area contributed by atoms with Crippen LogP contribution in [0.4, 0.5) is 0 Å². The first-order valence-corrected chi connectivity index (χ1v) is 9.37. The van der Waals surface area contributed by atoms with Crippen LogP contribution in [0, 0.1) is 6.92 Å². The minimum atomic E-state index is -0.491. The number of hydrogen-bond acceptors (Lipinski definition) is 6. The number of rotatable bonds is 4. The highest BCUT2D eigenvalue weighted by Gasteiger charge is 2.14. The quantitative estimate of drug-likeness (QED) is 0.377. The van der Waals surface area contributed by atoms with Crippen molar-refractivity contribution in [2.75, 3.05) is 0 Å². The Bertz CT molecular complexity index is 1290. The van der Waals surface area contributed by atoms with Crippen LogP contribution in [0.5, 0.6) is 0 Å². The van der Waals surface area contributed by atoms with Gasteiger partial charge in [0.25, 0.3) is 0 Å². The van der Waals surface area contributed by atoms with Gasteiger partial charge in [-0.15, -0.1) is 0 Å². The van der Waals surface area contributed by atoms with Crippen LogP contribution < -0.4 is 5.63 Å². The number of benzene rings is 2. The molecule has 29 heavy (non-hydrogen) atoms. The number of fused-ring (bicyclic) bond motifs is 2. The smallest absolute Gasteiger partial charge is 0.338 e. The van der Waals surface area contributed by atoms with Crippen LogP contribution >= 0.6 is 0 Å². The van der Waals surface area contributed by atoms with E-state index in [1.807, 2.05) is 19.1 Å². The number of nitrogens with zero attached hydrogens (tertiary/aromatic N) is 2. The zero-order chi connectivity index (χ0) is 20.5. The van der Waals surface area contributed by atoms with E-state index >= 15 is 0 Å². The Morgan fingerprint density at radius 2 is 1.83 bits per heavy atom. The van der Waals surface area contributed by atoms with Crippen molar-refractivity contribution in [2.45, 2.75) is 33.3 Å². The first-order valence-electron chi connectivity index (χ1n) is 9.37. The molecule has 0 N–H and O–H groups in total. The second-order valence-corrected chi connectivity index (χ2v) is 7.29. The van der Waals surface area contributed by atoms with Gasteiger partial charge in [0.05, 0.1) is 16.6 Å². The Balaban J connectivity index is 1.65. The molecule has 4 rings (SSSR count). The largest absolute Gasteiger partial charge is 0.457 e. The zero-order valence-corrected chi connectivity index (χ0v) is 16.4. The van der Waals surface area contributed by atoms with Gasteiger partial charge in [-0.05, 0) is 54.3 Å². The van der Waals surface area contributed by atoms with Crippen molar-refractivity contribution < 1.29 is 13.9 Å². The van der Waals surface area contributed by atoms with Crippen molar-refractivity contribution in [3.63, 3.8) is 0 Å². The molecular formula is C23H20N2O4. The van der Waals surface area contributed by atoms with E-state index in [0.29, 0.717) is 33.7 Å². The first-order chi connectivity index (χ1) is 13.9. The third-order valence-electron chi connectivity index (χ3n) is 4.90. The van der Waals surface area contributed by atoms with Crippen LogP contribution in [0.3, 0.4) is 0 Å². The third kappa shape index (κ3) is 3.74. The van der Waals surface area contributed by atoms with E-state index in [1.165, 1.54) is 6.07 Å². The average molecular weight is 388 g/mol. The fraction of sp³-hybridized carbons (Fsp3) is 0.217. The lowest BCUT2D eigenvalue weighted by Gasteiger charge is -2.13. The van der Waals surface area contributed by atoms with Gasteiger partial charge >= 0.3 is 11.6 Å². The van der Waals surface area contributed by atoms with E-state index in [9.17, 15) is 9.59 Å². The molecule has 0 saturated heterocycles. The normalized spacial score (nSPS) is 11.3. The minimum absolute atomic E-state index is 0.0277. The summed E-state index contributed by atoms with van der Waals surface area (Å²) in [6.45, 7) is 6.18. The van der Waals surface area contributed by atoms with Gasteiger partial charge in [0.15, 0.2) is 0 Å². The molecule has 0 saturated carbocycles. The summed E-state index contributed by atoms with van der Waals surface area (Å²) in [5.41, 5.74) is 4.55. The zero-order valence-electron chi connectivity index (χ0n) is 16.4. The highest BCUT2D eigenvalue weighted by Crippen LogP contribution is 2.27. The molecule has 0 amide bonds. The predicted molar refractivity (Wildman–Crippen MR) is 110 cm³/mol. The van der Waals surface area contributed by atoms with Gasteiger partial charge < -0.3 is 9.15 Å². The Morgan fingerprint density at radius 1 is 1.07 bits per heavy atom. The maximum Gasteiger partial charge on any atom is 0.338 e. The molecule has 0 aliphatic heterocycles. The number of carbonyl (C=O) groups is 1. The summed E-state index contributed by atoms with van der Waals surface area (Å²) in [6, 6.07) is 10.3. The van der Waals surface area contributed by atoms with Gasteiger partial charge in [0.1, 0.15) is 12.2 Å². The molecule has 0 bridgehead atoms. The molecule has 0 aliphatic carbocycles. The monoisotopic (exact) mass is 388 g/mol. The number of hydrogen-bond donors (Lipinski definition) is 0. The molecule has 0 atom stereocenters. The van der Waals surface area contributed by atoms with E-state index in [-0.39, 0.29) is 6.61 Å². The fourth-order valence-electron chi connectivity index (χ4n) is 3.45. The molecule has 0 spiro atoms. The second kappa shape index (κ2) is 7.47. The molecule has 0 radical (unpaired) electrons. The molecule has 2 heterocycles. The van der Waals surface area contributed by atoms with Crippen LogP contribution in [0.1, 0.15) is 46.8 Å². The van der Waals surface area contributed by atoms with Crippen LogP contribution in [0.25, 0.3) is 22.0 Å². The van der Waals surface area contributed by atoms with Crippen molar-refractivity contribution in [1.82, 2.24) is 9.97 Å². The van der Waals surface area contributed by atoms with Crippen molar-refractivity contribution in [1.29, 1.82) is 0 Å². The maximum atomic E-state index is 12.5. The SMILES string of the molecule is Cc1cc2oc(=O)cc(COC(=O)c3ccc4nccnc4c3)c2cc1C(C)C. The molecule has 0 aliphatic rings. The van der Waals surface area contributed by atoms with Crippen molar-refractivity contribution in [3.05, 3.63) is 81.5 Å². The Morgan fingerprint density at radius 3 is 2.59 bits per heavy atom. The van der Waals surface area contributed by atoms with E-state index in [2.05, 4.69) is 23.8 Å². The van der Waals surface area contributed by atoms with Crippen LogP contribution in [-0.4, -0.2) is 15.9 Å². The topological polar surface area (TPSA) is 82.3 Å². The molecular weight excluding hydrogens is 368 g/mol. The summed E-state index contributed by atoms with van der Waals surface area (Å²) in [7, 11) is 0. The molecule has 2 aromatic heterocycles. The highest BCUT2D eigenvalue weighted by molar-refractivity contribution is 5.93. The molecule has 2 aromatic carbocycles. The molecule has 0 unspecified atom stereocenters. The Kier molecular flexibility index (Phi) is 4.84. The third-order valence-corrected chi connectivity index (χ3v) is 4.90. The molecule has 146 valence electrons. The summed E-state index contributed by atoms with van der Waals surface area (Å²) in [5.74, 6) is -0.171. The predicted octanol–water partition coefficient (Wildman–Crippen LogP) is 4.53. The first kappa shape index (κ1) is 18.8. The molecule has 6 nitrogen and oxygen atoms in total. The lowest BCUT2D eigenvalue weighted by molar-refractivity contribution is 0.0474. The van der Waals surface area contributed by atoms with Gasteiger partial charge in [-0.2, -0.15) is 0 Å². The van der Waals surface area contributed by atoms with Crippen LogP contribution in [0.15, 0.2) is 58.0 Å². The van der Waals surface area contributed by atoms with Gasteiger partial charge in [0, 0.05) is 29.4 Å². The van der Waals surface area contributed by atoms with Crippen LogP contribution in [0.2, 0.25) is 0 Å². The standard InChI is InChI=1S/C23H20N2O4/c1-13(2)17-11-18-16(10-22(26)29-21(18)8-14(17)3)12-28-23(27)15-4-5-19-20(9-15)25-7-6-24-19/h4-11,13H,12H2,1-3H3. The summed E-state index contributed by atoms with van der Waals surface area (Å²) in [5, 5.41) is 0.774. The number of carbonyl (C=O) groups excluding carboxylic acids is 1. The lowest BCUT2D eigenvalue weighted by Crippen LogP contribution is -2.08. The summed E-state index contributed by atoms with van der Waals surface area (Å²) in [6.07, 6.45) is 3.17. The van der Waals surface area contributed by atoms with Crippen molar-refractivity contribution in [3.8, 4) is 0 Å². The summed E-state index contributed by atoms with van der Waals surface area (Å²) in [4.78, 5) is 32.9. The Hall–Kier alpha value is -3.54. The summed E-state index contributed by atoms with van der Waals surface area (Å²) < 4.78 is 10.8. The molecule has 0 fully saturated rings. The van der Waals surface area contributed by atoms with Crippen molar-refractivity contribution >= 4 is 28.0 Å². The second-order valence-electron chi connectivity index (χ2n) is 7.29. The lowest BCUT2D eigenvalue weighted by atomic mass is 9.95. The van der Waals surface area contributed by atoms with Gasteiger partial charge in [-0.1, -0.05) is 13.8 Å². The number of ether oxygens (including phenoxy) is 1. The van der Waals surface area contributed by atoms with E-state index < -0.39 is 11.6 Å². The van der Waals surface area contributed by atoms with Crippen LogP contribution in [-0.2, 0) is 11.3 Å². The minimum Gasteiger partial charge on any atom is -0.457 e. The molecule has 4 aromatic rings. The fourth-order valence-corrected chi connectivity index (χ4v) is 3.45. The highest BCUT2D eigenvalue weighted by atomic mass is 16.5. The van der Waals surface area contributed by atoms with Crippen molar-refractivity contribution in [2.24, 2.45) is 0 Å². The average Bonchev–Trinajstić information content (AvgIpc) is 2.70. The van der Waals surface area contributed by atoms with E-state index in [1.54, 1.807) is 30.6 Å². The van der Waals surface area contributed by atoms with Gasteiger partial charge in [-0.25, -0.2) is 9.59 Å². The van der Waals surface area contributed by atoms with E-state index in [0.717, 1.165) is 16.5 Å². The van der Waals surface area contributed by atoms with E-state index in [4.69, 9.17) is 9.15 Å². The molecule has 6 heteroatoms.